The van der Waals surface area contributed by atoms with E-state index in [-0.39, 0.29) is 11.4 Å². The first kappa shape index (κ1) is 8.02. The molecule has 0 aliphatic heterocycles. The van der Waals surface area contributed by atoms with Crippen LogP contribution in [0.5, 0.6) is 0 Å². The lowest BCUT2D eigenvalue weighted by atomic mass is 10.2. The van der Waals surface area contributed by atoms with Gasteiger partial charge in [-0.15, -0.1) is 0 Å². The smallest absolute Gasteiger partial charge is 0.127 e. The van der Waals surface area contributed by atoms with Crippen molar-refractivity contribution in [3.63, 3.8) is 0 Å². The van der Waals surface area contributed by atoms with Crippen LogP contribution in [0, 0.1) is 12.7 Å². The highest BCUT2D eigenvalue weighted by molar-refractivity contribution is 9.10. The van der Waals surface area contributed by atoms with Crippen molar-refractivity contribution in [3.8, 4) is 0 Å². The third kappa shape index (κ3) is 1.32. The summed E-state index contributed by atoms with van der Waals surface area (Å²) in [6.07, 6.45) is 0. The van der Waals surface area contributed by atoms with Crippen LogP contribution in [0.2, 0.25) is 5.02 Å². The predicted octanol–water partition coefficient (Wildman–Crippen LogP) is 3.42. The molecule has 0 unspecified atom stereocenters. The molecule has 0 heterocycles. The van der Waals surface area contributed by atoms with Crippen LogP contribution in [0.3, 0.4) is 0 Å². The third-order valence-electron chi connectivity index (χ3n) is 1.14. The second kappa shape index (κ2) is 2.89. The minimum absolute atomic E-state index is 0.232. The number of halogens is 3. The van der Waals surface area contributed by atoms with Crippen molar-refractivity contribution in [2.75, 3.05) is 0 Å². The zero-order valence-electron chi connectivity index (χ0n) is 5.00. The van der Waals surface area contributed by atoms with E-state index in [1.807, 2.05) is 0 Å². The van der Waals surface area contributed by atoms with E-state index < -0.39 is 0 Å². The molecular weight excluding hydrogens is 218 g/mol. The summed E-state index contributed by atoms with van der Waals surface area (Å²) < 4.78 is 13.3. The number of hydrogen-bond donors (Lipinski definition) is 0. The number of hydrogen-bond acceptors (Lipinski definition) is 0. The van der Waals surface area contributed by atoms with Crippen LogP contribution in [0.4, 0.5) is 4.39 Å². The van der Waals surface area contributed by atoms with E-state index >= 15 is 0 Å². The molecule has 1 radical (unpaired) electrons. The summed E-state index contributed by atoms with van der Waals surface area (Å²) in [5.74, 6) is -0.381. The first-order valence-corrected chi connectivity index (χ1v) is 3.75. The molecule has 0 N–H and O–H groups in total. The highest BCUT2D eigenvalue weighted by Gasteiger charge is 2.04. The maximum Gasteiger partial charge on any atom is 0.127 e. The van der Waals surface area contributed by atoms with Gasteiger partial charge in [0.25, 0.3) is 0 Å². The lowest BCUT2D eigenvalue weighted by molar-refractivity contribution is 0.622. The van der Waals surface area contributed by atoms with Crippen LogP contribution in [0.1, 0.15) is 5.56 Å². The van der Waals surface area contributed by atoms with Crippen molar-refractivity contribution < 1.29 is 4.39 Å². The molecule has 1 rings (SSSR count). The van der Waals surface area contributed by atoms with Gasteiger partial charge in [0, 0.05) is 10.0 Å². The summed E-state index contributed by atoms with van der Waals surface area (Å²) >= 11 is 8.78. The Balaban J connectivity index is 3.34. The molecule has 0 bridgehead atoms. The Labute approximate surface area is 72.1 Å². The standard InChI is InChI=1S/C7H4BrClF/c1-4-6(10)3-2-5(8)7(4)9/h2-3H,1H2. The molecule has 1 aromatic carbocycles. The average molecular weight is 222 g/mol. The average Bonchev–Trinajstić information content (AvgIpc) is 1.93. The van der Waals surface area contributed by atoms with E-state index in [2.05, 4.69) is 22.9 Å². The molecule has 0 aromatic heterocycles. The zero-order valence-corrected chi connectivity index (χ0v) is 7.34. The Kier molecular flexibility index (Phi) is 2.32. The minimum Gasteiger partial charge on any atom is -0.207 e. The SMILES string of the molecule is [CH2]c1c(F)ccc(Br)c1Cl. The molecule has 0 saturated heterocycles. The second-order valence-electron chi connectivity index (χ2n) is 1.82. The monoisotopic (exact) mass is 221 g/mol. The van der Waals surface area contributed by atoms with Crippen molar-refractivity contribution in [2.24, 2.45) is 0 Å². The van der Waals surface area contributed by atoms with Gasteiger partial charge in [0.05, 0.1) is 5.02 Å². The van der Waals surface area contributed by atoms with Gasteiger partial charge in [-0.1, -0.05) is 11.6 Å². The topological polar surface area (TPSA) is 0 Å². The number of rotatable bonds is 0. The minimum atomic E-state index is -0.381. The van der Waals surface area contributed by atoms with Crippen molar-refractivity contribution in [1.82, 2.24) is 0 Å². The van der Waals surface area contributed by atoms with E-state index in [9.17, 15) is 4.39 Å². The van der Waals surface area contributed by atoms with Gasteiger partial charge in [-0.2, -0.15) is 0 Å². The fourth-order valence-corrected chi connectivity index (χ4v) is 1.09. The first-order valence-electron chi connectivity index (χ1n) is 2.58. The summed E-state index contributed by atoms with van der Waals surface area (Å²) in [6.45, 7) is 3.44. The summed E-state index contributed by atoms with van der Waals surface area (Å²) in [5, 5.41) is 0.333. The molecule has 0 aliphatic carbocycles. The second-order valence-corrected chi connectivity index (χ2v) is 3.05. The van der Waals surface area contributed by atoms with Crippen LogP contribution in [0.25, 0.3) is 0 Å². The molecular formula is C7H4BrClF. The van der Waals surface area contributed by atoms with E-state index in [4.69, 9.17) is 11.6 Å². The van der Waals surface area contributed by atoms with Gasteiger partial charge < -0.3 is 0 Å². The van der Waals surface area contributed by atoms with Crippen LogP contribution < -0.4 is 0 Å². The highest BCUT2D eigenvalue weighted by Crippen LogP contribution is 2.26. The zero-order chi connectivity index (χ0) is 7.72. The quantitative estimate of drug-likeness (QED) is 0.590. The van der Waals surface area contributed by atoms with Crippen LogP contribution in [-0.2, 0) is 0 Å². The fourth-order valence-electron chi connectivity index (χ4n) is 0.569. The maximum atomic E-state index is 12.6. The molecule has 53 valence electrons. The Morgan fingerprint density at radius 2 is 2.10 bits per heavy atom. The maximum absolute atomic E-state index is 12.6. The molecule has 0 amide bonds. The van der Waals surface area contributed by atoms with E-state index in [0.29, 0.717) is 9.50 Å². The third-order valence-corrected chi connectivity index (χ3v) is 2.46. The Hall–Kier alpha value is -0.0800. The van der Waals surface area contributed by atoms with Gasteiger partial charge >= 0.3 is 0 Å². The lowest BCUT2D eigenvalue weighted by Crippen LogP contribution is -1.82. The molecule has 0 saturated carbocycles. The van der Waals surface area contributed by atoms with Crippen LogP contribution in [-0.4, -0.2) is 0 Å². The van der Waals surface area contributed by atoms with Crippen molar-refractivity contribution in [3.05, 3.63) is 39.9 Å². The van der Waals surface area contributed by atoms with Crippen LogP contribution >= 0.6 is 27.5 Å². The van der Waals surface area contributed by atoms with E-state index in [1.54, 1.807) is 6.07 Å². The Morgan fingerprint density at radius 3 is 2.60 bits per heavy atom. The first-order chi connectivity index (χ1) is 4.63. The highest BCUT2D eigenvalue weighted by atomic mass is 79.9. The van der Waals surface area contributed by atoms with Crippen LogP contribution in [0.15, 0.2) is 16.6 Å². The van der Waals surface area contributed by atoms with Gasteiger partial charge in [-0.05, 0) is 35.0 Å². The summed E-state index contributed by atoms with van der Waals surface area (Å²) in [7, 11) is 0. The fraction of sp³-hybridized carbons (Fsp3) is 0. The van der Waals surface area contributed by atoms with E-state index in [0.717, 1.165) is 0 Å². The van der Waals surface area contributed by atoms with Gasteiger partial charge in [-0.3, -0.25) is 0 Å². The summed E-state index contributed by atoms with van der Waals surface area (Å²) in [5.41, 5.74) is 0.232. The number of benzene rings is 1. The summed E-state index contributed by atoms with van der Waals surface area (Å²) in [6, 6.07) is 2.87. The molecule has 0 fully saturated rings. The van der Waals surface area contributed by atoms with Gasteiger partial charge in [-0.25, -0.2) is 4.39 Å². The van der Waals surface area contributed by atoms with Gasteiger partial charge in [0.2, 0.25) is 0 Å². The van der Waals surface area contributed by atoms with Crippen molar-refractivity contribution >= 4 is 27.5 Å². The van der Waals surface area contributed by atoms with Crippen molar-refractivity contribution in [1.29, 1.82) is 0 Å². The normalized spacial score (nSPS) is 10.0. The van der Waals surface area contributed by atoms with Crippen molar-refractivity contribution in [2.45, 2.75) is 0 Å². The largest absolute Gasteiger partial charge is 0.207 e. The summed E-state index contributed by atoms with van der Waals surface area (Å²) in [4.78, 5) is 0. The molecule has 1 aromatic rings. The lowest BCUT2D eigenvalue weighted by Gasteiger charge is -1.99. The van der Waals surface area contributed by atoms with Gasteiger partial charge in [0.15, 0.2) is 0 Å². The Bertz CT molecular complexity index is 233. The Morgan fingerprint density at radius 1 is 1.50 bits per heavy atom. The molecule has 0 aliphatic rings. The van der Waals surface area contributed by atoms with Gasteiger partial charge in [0.1, 0.15) is 5.82 Å². The molecule has 0 atom stereocenters. The predicted molar refractivity (Wildman–Crippen MR) is 43.6 cm³/mol. The molecule has 3 heteroatoms. The molecule has 0 nitrogen and oxygen atoms in total. The molecule has 10 heavy (non-hydrogen) atoms. The molecule has 0 spiro atoms. The van der Waals surface area contributed by atoms with E-state index in [1.165, 1.54) is 6.07 Å².